The van der Waals surface area contributed by atoms with E-state index < -0.39 is 5.97 Å². The number of carbonyl (C=O) groups excluding carboxylic acids is 1. The third kappa shape index (κ3) is 3.39. The molecule has 8 heteroatoms. The van der Waals surface area contributed by atoms with Gasteiger partial charge in [0.2, 0.25) is 5.91 Å². The van der Waals surface area contributed by atoms with Gasteiger partial charge >= 0.3 is 5.97 Å². The zero-order valence-electron chi connectivity index (χ0n) is 14.7. The van der Waals surface area contributed by atoms with Gasteiger partial charge in [0, 0.05) is 42.7 Å². The Morgan fingerprint density at radius 3 is 2.33 bits per heavy atom. The molecule has 0 bridgehead atoms. The van der Waals surface area contributed by atoms with Crippen LogP contribution in [-0.4, -0.2) is 53.2 Å². The lowest BCUT2D eigenvalue weighted by atomic mass is 9.84. The van der Waals surface area contributed by atoms with Crippen LogP contribution in [-0.2, 0) is 4.79 Å². The van der Waals surface area contributed by atoms with Crippen molar-refractivity contribution >= 4 is 29.3 Å². The minimum Gasteiger partial charge on any atom is -0.477 e. The maximum atomic E-state index is 12.4. The number of benzene rings is 1. The first-order valence-electron chi connectivity index (χ1n) is 9.07. The normalized spacial score (nSPS) is 17.7. The molecule has 1 amide bonds. The molecular formula is C19H20ClN3O4. The lowest BCUT2D eigenvalue weighted by Gasteiger charge is -2.38. The first-order valence-corrected chi connectivity index (χ1v) is 9.45. The zero-order chi connectivity index (χ0) is 19.0. The van der Waals surface area contributed by atoms with E-state index in [1.54, 1.807) is 24.3 Å². The van der Waals surface area contributed by atoms with Crippen molar-refractivity contribution in [3.05, 3.63) is 34.9 Å². The van der Waals surface area contributed by atoms with Crippen LogP contribution < -0.4 is 4.90 Å². The number of carboxylic acid groups (broad SMARTS) is 1. The fourth-order valence-corrected chi connectivity index (χ4v) is 3.67. The number of hydrogen-bond acceptors (Lipinski definition) is 5. The molecule has 0 spiro atoms. The highest BCUT2D eigenvalue weighted by Crippen LogP contribution is 2.33. The first-order chi connectivity index (χ1) is 13.0. The average molecular weight is 390 g/mol. The maximum Gasteiger partial charge on any atom is 0.343 e. The van der Waals surface area contributed by atoms with E-state index in [-0.39, 0.29) is 23.1 Å². The van der Waals surface area contributed by atoms with E-state index in [2.05, 4.69) is 5.16 Å². The van der Waals surface area contributed by atoms with Crippen LogP contribution in [0.1, 0.15) is 29.6 Å². The largest absolute Gasteiger partial charge is 0.477 e. The van der Waals surface area contributed by atoms with Crippen molar-refractivity contribution in [1.82, 2.24) is 10.1 Å². The number of halogens is 1. The van der Waals surface area contributed by atoms with Gasteiger partial charge in [-0.3, -0.25) is 4.79 Å². The summed E-state index contributed by atoms with van der Waals surface area (Å²) in [4.78, 5) is 28.0. The quantitative estimate of drug-likeness (QED) is 0.864. The molecule has 7 nitrogen and oxygen atoms in total. The lowest BCUT2D eigenvalue weighted by molar-refractivity contribution is -0.138. The van der Waals surface area contributed by atoms with Crippen molar-refractivity contribution in [3.8, 4) is 11.3 Å². The summed E-state index contributed by atoms with van der Waals surface area (Å²) in [6, 6.07) is 6.76. The van der Waals surface area contributed by atoms with Gasteiger partial charge in [0.05, 0.1) is 0 Å². The van der Waals surface area contributed by atoms with E-state index in [0.717, 1.165) is 19.3 Å². The highest BCUT2D eigenvalue weighted by molar-refractivity contribution is 6.30. The fourth-order valence-electron chi connectivity index (χ4n) is 3.54. The Morgan fingerprint density at radius 2 is 1.78 bits per heavy atom. The number of rotatable bonds is 4. The number of hydrogen-bond donors (Lipinski definition) is 1. The number of piperazine rings is 1. The molecule has 2 fully saturated rings. The predicted molar refractivity (Wildman–Crippen MR) is 100 cm³/mol. The van der Waals surface area contributed by atoms with Crippen molar-refractivity contribution in [3.63, 3.8) is 0 Å². The second-order valence-electron chi connectivity index (χ2n) is 6.96. The topological polar surface area (TPSA) is 86.9 Å². The maximum absolute atomic E-state index is 12.4. The standard InChI is InChI=1S/C19H20ClN3O4/c20-14-6-4-12(5-7-14)16-15(19(25)26)17(21-27-16)22-8-10-23(11-9-22)18(24)13-2-1-3-13/h4-7,13H,1-3,8-11H2,(H,25,26). The van der Waals surface area contributed by atoms with Crippen molar-refractivity contribution in [2.75, 3.05) is 31.1 Å². The summed E-state index contributed by atoms with van der Waals surface area (Å²) in [6.45, 7) is 2.20. The molecule has 0 atom stereocenters. The van der Waals surface area contributed by atoms with E-state index in [1.807, 2.05) is 9.80 Å². The van der Waals surface area contributed by atoms with Crippen LogP contribution in [0.3, 0.4) is 0 Å². The van der Waals surface area contributed by atoms with E-state index in [0.29, 0.717) is 42.6 Å². The van der Waals surface area contributed by atoms with Crippen LogP contribution in [0.2, 0.25) is 5.02 Å². The van der Waals surface area contributed by atoms with Crippen molar-refractivity contribution in [2.24, 2.45) is 5.92 Å². The Morgan fingerprint density at radius 1 is 1.11 bits per heavy atom. The monoisotopic (exact) mass is 389 g/mol. The smallest absolute Gasteiger partial charge is 0.343 e. The van der Waals surface area contributed by atoms with Crippen LogP contribution in [0.25, 0.3) is 11.3 Å². The Bertz CT molecular complexity index is 852. The minimum atomic E-state index is -1.09. The minimum absolute atomic E-state index is 0.0380. The van der Waals surface area contributed by atoms with Gasteiger partial charge in [0.15, 0.2) is 17.1 Å². The summed E-state index contributed by atoms with van der Waals surface area (Å²) < 4.78 is 5.38. The number of nitrogens with zero attached hydrogens (tertiary/aromatic N) is 3. The number of carbonyl (C=O) groups is 2. The Hall–Kier alpha value is -2.54. The summed E-state index contributed by atoms with van der Waals surface area (Å²) in [6.07, 6.45) is 3.09. The predicted octanol–water partition coefficient (Wildman–Crippen LogP) is 3.14. The molecule has 2 aromatic rings. The Kier molecular flexibility index (Phi) is 4.78. The number of carboxylic acids is 1. The SMILES string of the molecule is O=C(O)c1c(N2CCN(C(=O)C3CCC3)CC2)noc1-c1ccc(Cl)cc1. The molecule has 1 aliphatic heterocycles. The van der Waals surface area contributed by atoms with Crippen LogP contribution in [0.5, 0.6) is 0 Å². The second-order valence-corrected chi connectivity index (χ2v) is 7.40. The number of anilines is 1. The van der Waals surface area contributed by atoms with Crippen LogP contribution >= 0.6 is 11.6 Å². The van der Waals surface area contributed by atoms with Gasteiger partial charge in [-0.05, 0) is 37.1 Å². The summed E-state index contributed by atoms with van der Waals surface area (Å²) in [5.74, 6) is -0.175. The molecule has 1 aromatic heterocycles. The summed E-state index contributed by atoms with van der Waals surface area (Å²) in [5, 5.41) is 14.3. The van der Waals surface area contributed by atoms with E-state index >= 15 is 0 Å². The highest BCUT2D eigenvalue weighted by atomic mass is 35.5. The third-order valence-electron chi connectivity index (χ3n) is 5.34. The van der Waals surface area contributed by atoms with Crippen molar-refractivity contribution in [1.29, 1.82) is 0 Å². The molecule has 27 heavy (non-hydrogen) atoms. The third-order valence-corrected chi connectivity index (χ3v) is 5.59. The van der Waals surface area contributed by atoms with Gasteiger partial charge in [-0.1, -0.05) is 23.2 Å². The number of aromatic nitrogens is 1. The van der Waals surface area contributed by atoms with Gasteiger partial charge in [-0.25, -0.2) is 4.79 Å². The lowest BCUT2D eigenvalue weighted by Crippen LogP contribution is -2.51. The van der Waals surface area contributed by atoms with Gasteiger partial charge < -0.3 is 19.4 Å². The van der Waals surface area contributed by atoms with Gasteiger partial charge in [-0.2, -0.15) is 0 Å². The van der Waals surface area contributed by atoms with E-state index in [4.69, 9.17) is 16.1 Å². The molecule has 2 aliphatic rings. The average Bonchev–Trinajstić information content (AvgIpc) is 3.06. The van der Waals surface area contributed by atoms with Crippen molar-refractivity contribution < 1.29 is 19.2 Å². The molecule has 142 valence electrons. The molecule has 0 unspecified atom stereocenters. The second kappa shape index (κ2) is 7.23. The summed E-state index contributed by atoms with van der Waals surface area (Å²) >= 11 is 5.90. The Labute approximate surface area is 161 Å². The molecule has 1 saturated carbocycles. The molecule has 1 aliphatic carbocycles. The zero-order valence-corrected chi connectivity index (χ0v) is 15.5. The number of amides is 1. The molecule has 0 radical (unpaired) electrons. The van der Waals surface area contributed by atoms with Crippen LogP contribution in [0.15, 0.2) is 28.8 Å². The molecular weight excluding hydrogens is 370 g/mol. The highest BCUT2D eigenvalue weighted by Gasteiger charge is 2.33. The van der Waals surface area contributed by atoms with E-state index in [9.17, 15) is 14.7 Å². The fraction of sp³-hybridized carbons (Fsp3) is 0.421. The molecule has 4 rings (SSSR count). The molecule has 1 saturated heterocycles. The van der Waals surface area contributed by atoms with E-state index in [1.165, 1.54) is 0 Å². The summed E-state index contributed by atoms with van der Waals surface area (Å²) in [5.41, 5.74) is 0.644. The van der Waals surface area contributed by atoms with Gasteiger partial charge in [0.1, 0.15) is 0 Å². The van der Waals surface area contributed by atoms with Gasteiger partial charge in [0.25, 0.3) is 0 Å². The first kappa shape index (κ1) is 17.9. The Balaban J connectivity index is 1.53. The summed E-state index contributed by atoms with van der Waals surface area (Å²) in [7, 11) is 0. The molecule has 1 N–H and O–H groups in total. The van der Waals surface area contributed by atoms with Crippen molar-refractivity contribution in [2.45, 2.75) is 19.3 Å². The van der Waals surface area contributed by atoms with Crippen LogP contribution in [0.4, 0.5) is 5.82 Å². The number of aromatic carboxylic acids is 1. The van der Waals surface area contributed by atoms with Crippen LogP contribution in [0, 0.1) is 5.92 Å². The molecule has 2 heterocycles. The molecule has 1 aromatic carbocycles. The van der Waals surface area contributed by atoms with Gasteiger partial charge in [-0.15, -0.1) is 0 Å².